The first-order valence-electron chi connectivity index (χ1n) is 6.13. The lowest BCUT2D eigenvalue weighted by molar-refractivity contribution is -0.119. The number of esters is 1. The summed E-state index contributed by atoms with van der Waals surface area (Å²) in [5.41, 5.74) is 0.292. The van der Waals surface area contributed by atoms with Crippen molar-refractivity contribution in [3.8, 4) is 0 Å². The summed E-state index contributed by atoms with van der Waals surface area (Å²) in [6, 6.07) is 9.35. The predicted octanol–water partition coefficient (Wildman–Crippen LogP) is 3.36. The zero-order valence-corrected chi connectivity index (χ0v) is 13.3. The van der Waals surface area contributed by atoms with Gasteiger partial charge in [0.05, 0.1) is 5.56 Å². The first-order chi connectivity index (χ1) is 10.5. The van der Waals surface area contributed by atoms with E-state index in [9.17, 15) is 18.4 Å². The quantitative estimate of drug-likeness (QED) is 0.614. The standard InChI is InChI=1S/C15H10F2INO3/c16-9-5-10(17)7-11(6-9)19-14(20)8-22-15(21)12-3-1-2-4-13(12)18/h1-7H,8H2,(H,19,20). The molecule has 114 valence electrons. The minimum absolute atomic E-state index is 0.0483. The molecule has 0 saturated heterocycles. The number of rotatable bonds is 4. The number of hydrogen-bond acceptors (Lipinski definition) is 3. The highest BCUT2D eigenvalue weighted by molar-refractivity contribution is 14.1. The van der Waals surface area contributed by atoms with Crippen molar-refractivity contribution in [3.63, 3.8) is 0 Å². The predicted molar refractivity (Wildman–Crippen MR) is 84.4 cm³/mol. The molecule has 0 bridgehead atoms. The third-order valence-corrected chi connectivity index (χ3v) is 3.52. The topological polar surface area (TPSA) is 55.4 Å². The molecule has 2 rings (SSSR count). The van der Waals surface area contributed by atoms with Crippen LogP contribution in [0.25, 0.3) is 0 Å². The highest BCUT2D eigenvalue weighted by Gasteiger charge is 2.13. The van der Waals surface area contributed by atoms with E-state index in [1.54, 1.807) is 24.3 Å². The van der Waals surface area contributed by atoms with Gasteiger partial charge in [-0.25, -0.2) is 13.6 Å². The van der Waals surface area contributed by atoms with Gasteiger partial charge in [0.25, 0.3) is 5.91 Å². The van der Waals surface area contributed by atoms with Crippen LogP contribution in [-0.2, 0) is 9.53 Å². The second kappa shape index (κ2) is 7.30. The molecule has 0 heterocycles. The van der Waals surface area contributed by atoms with E-state index in [2.05, 4.69) is 5.32 Å². The fourth-order valence-corrected chi connectivity index (χ4v) is 2.27. The molecule has 0 spiro atoms. The van der Waals surface area contributed by atoms with Gasteiger partial charge < -0.3 is 10.1 Å². The normalized spacial score (nSPS) is 10.1. The van der Waals surface area contributed by atoms with Crippen LogP contribution in [-0.4, -0.2) is 18.5 Å². The molecule has 0 aliphatic heterocycles. The van der Waals surface area contributed by atoms with E-state index in [1.807, 2.05) is 22.6 Å². The van der Waals surface area contributed by atoms with Gasteiger partial charge in [-0.2, -0.15) is 0 Å². The molecule has 2 aromatic carbocycles. The number of ether oxygens (including phenoxy) is 1. The average molecular weight is 417 g/mol. The van der Waals surface area contributed by atoms with Crippen LogP contribution in [0.2, 0.25) is 0 Å². The van der Waals surface area contributed by atoms with Gasteiger partial charge in [0.15, 0.2) is 6.61 Å². The maximum absolute atomic E-state index is 13.0. The Morgan fingerprint density at radius 1 is 1.09 bits per heavy atom. The Hall–Kier alpha value is -2.03. The van der Waals surface area contributed by atoms with Crippen molar-refractivity contribution in [2.45, 2.75) is 0 Å². The average Bonchev–Trinajstić information content (AvgIpc) is 2.44. The monoisotopic (exact) mass is 417 g/mol. The summed E-state index contributed by atoms with van der Waals surface area (Å²) < 4.78 is 31.5. The molecule has 0 fully saturated rings. The Kier molecular flexibility index (Phi) is 5.42. The van der Waals surface area contributed by atoms with Crippen LogP contribution in [0.15, 0.2) is 42.5 Å². The van der Waals surface area contributed by atoms with E-state index >= 15 is 0 Å². The molecule has 1 N–H and O–H groups in total. The molecule has 22 heavy (non-hydrogen) atoms. The Labute approximate surface area is 138 Å². The van der Waals surface area contributed by atoms with Crippen molar-refractivity contribution in [3.05, 3.63) is 63.2 Å². The second-order valence-electron chi connectivity index (χ2n) is 4.26. The Morgan fingerprint density at radius 2 is 1.73 bits per heavy atom. The highest BCUT2D eigenvalue weighted by atomic mass is 127. The van der Waals surface area contributed by atoms with Crippen molar-refractivity contribution >= 4 is 40.2 Å². The lowest BCUT2D eigenvalue weighted by atomic mass is 10.2. The largest absolute Gasteiger partial charge is 0.452 e. The highest BCUT2D eigenvalue weighted by Crippen LogP contribution is 2.14. The van der Waals surface area contributed by atoms with Gasteiger partial charge in [0.2, 0.25) is 0 Å². The lowest BCUT2D eigenvalue weighted by Crippen LogP contribution is -2.21. The maximum atomic E-state index is 13.0. The van der Waals surface area contributed by atoms with Gasteiger partial charge in [-0.15, -0.1) is 0 Å². The number of hydrogen-bond donors (Lipinski definition) is 1. The number of carbonyl (C=O) groups is 2. The van der Waals surface area contributed by atoms with Gasteiger partial charge in [-0.05, 0) is 46.9 Å². The van der Waals surface area contributed by atoms with Crippen molar-refractivity contribution in [2.75, 3.05) is 11.9 Å². The summed E-state index contributed by atoms with van der Waals surface area (Å²) in [6.45, 7) is -0.554. The molecule has 0 unspecified atom stereocenters. The van der Waals surface area contributed by atoms with Gasteiger partial charge in [-0.1, -0.05) is 12.1 Å². The van der Waals surface area contributed by atoms with Crippen molar-refractivity contribution in [1.29, 1.82) is 0 Å². The molecule has 0 aliphatic rings. The van der Waals surface area contributed by atoms with Crippen LogP contribution in [0.1, 0.15) is 10.4 Å². The number of anilines is 1. The van der Waals surface area contributed by atoms with Crippen LogP contribution in [0.4, 0.5) is 14.5 Å². The van der Waals surface area contributed by atoms with E-state index in [-0.39, 0.29) is 5.69 Å². The van der Waals surface area contributed by atoms with E-state index in [0.717, 1.165) is 12.1 Å². The third-order valence-electron chi connectivity index (χ3n) is 2.57. The summed E-state index contributed by atoms with van der Waals surface area (Å²) in [7, 11) is 0. The van der Waals surface area contributed by atoms with Crippen molar-refractivity contribution in [1.82, 2.24) is 0 Å². The van der Waals surface area contributed by atoms with Gasteiger partial charge >= 0.3 is 5.97 Å². The Bertz CT molecular complexity index is 701. The first-order valence-corrected chi connectivity index (χ1v) is 7.21. The molecule has 0 aliphatic carbocycles. The van der Waals surface area contributed by atoms with Gasteiger partial charge in [0.1, 0.15) is 11.6 Å². The number of amides is 1. The van der Waals surface area contributed by atoms with Crippen molar-refractivity contribution in [2.24, 2.45) is 0 Å². The third kappa shape index (κ3) is 4.48. The molecule has 1 amide bonds. The summed E-state index contributed by atoms with van der Waals surface area (Å²) in [5, 5.41) is 2.25. The Balaban J connectivity index is 1.93. The van der Waals surface area contributed by atoms with Crippen LogP contribution in [0.5, 0.6) is 0 Å². The molecule has 4 nitrogen and oxygen atoms in total. The maximum Gasteiger partial charge on any atom is 0.339 e. The van der Waals surface area contributed by atoms with E-state index < -0.39 is 30.1 Å². The van der Waals surface area contributed by atoms with Gasteiger partial charge in [0, 0.05) is 15.3 Å². The molecule has 0 radical (unpaired) electrons. The number of nitrogens with one attached hydrogen (secondary N) is 1. The number of halogens is 3. The van der Waals surface area contributed by atoms with Gasteiger partial charge in [-0.3, -0.25) is 4.79 Å². The zero-order chi connectivity index (χ0) is 16.1. The summed E-state index contributed by atoms with van der Waals surface area (Å²) >= 11 is 1.97. The fraction of sp³-hybridized carbons (Fsp3) is 0.0667. The number of benzene rings is 2. The zero-order valence-electron chi connectivity index (χ0n) is 11.1. The number of carbonyl (C=O) groups excluding carboxylic acids is 2. The lowest BCUT2D eigenvalue weighted by Gasteiger charge is -2.08. The van der Waals surface area contributed by atoms with E-state index in [4.69, 9.17) is 4.74 Å². The van der Waals surface area contributed by atoms with Crippen LogP contribution in [0, 0.1) is 15.2 Å². The fourth-order valence-electron chi connectivity index (χ4n) is 1.66. The molecular formula is C15H10F2INO3. The minimum Gasteiger partial charge on any atom is -0.452 e. The first kappa shape index (κ1) is 16.3. The molecule has 2 aromatic rings. The van der Waals surface area contributed by atoms with Crippen LogP contribution < -0.4 is 5.32 Å². The summed E-state index contributed by atoms with van der Waals surface area (Å²) in [4.78, 5) is 23.4. The molecule has 7 heteroatoms. The molecule has 0 saturated carbocycles. The molecule has 0 aromatic heterocycles. The van der Waals surface area contributed by atoms with Crippen LogP contribution in [0.3, 0.4) is 0 Å². The summed E-state index contributed by atoms with van der Waals surface area (Å²) in [6.07, 6.45) is 0. The summed E-state index contributed by atoms with van der Waals surface area (Å²) in [5.74, 6) is -2.97. The molecule has 0 atom stereocenters. The Morgan fingerprint density at radius 3 is 2.36 bits per heavy atom. The molecular weight excluding hydrogens is 407 g/mol. The van der Waals surface area contributed by atoms with Crippen LogP contribution >= 0.6 is 22.6 Å². The SMILES string of the molecule is O=C(COC(=O)c1ccccc1I)Nc1cc(F)cc(F)c1. The van der Waals surface area contributed by atoms with E-state index in [0.29, 0.717) is 15.2 Å². The smallest absolute Gasteiger partial charge is 0.339 e. The van der Waals surface area contributed by atoms with Crippen molar-refractivity contribution < 1.29 is 23.1 Å². The van der Waals surface area contributed by atoms with E-state index in [1.165, 1.54) is 0 Å². The second-order valence-corrected chi connectivity index (χ2v) is 5.42. The minimum atomic E-state index is -0.814.